The molecule has 0 fully saturated rings. The zero-order chi connectivity index (χ0) is 18.4. The Morgan fingerprint density at radius 3 is 2.92 bits per heavy atom. The molecule has 138 valence electrons. The van der Waals surface area contributed by atoms with Crippen LogP contribution in [0.4, 0.5) is 0 Å². The Morgan fingerprint density at radius 1 is 1.27 bits per heavy atom. The number of hydrogen-bond donors (Lipinski definition) is 0. The smallest absolute Gasteiger partial charge is 0.262 e. The van der Waals surface area contributed by atoms with E-state index in [4.69, 9.17) is 9.26 Å². The van der Waals surface area contributed by atoms with E-state index < -0.39 is 0 Å². The minimum Gasteiger partial charge on any atom is -0.385 e. The van der Waals surface area contributed by atoms with Crippen LogP contribution in [0, 0.1) is 0 Å². The van der Waals surface area contributed by atoms with E-state index in [0.29, 0.717) is 46.7 Å². The first-order valence-corrected chi connectivity index (χ1v) is 9.64. The van der Waals surface area contributed by atoms with Gasteiger partial charge in [-0.15, -0.1) is 0 Å². The van der Waals surface area contributed by atoms with Crippen LogP contribution in [0.15, 0.2) is 38.7 Å². The molecule has 0 amide bonds. The lowest BCUT2D eigenvalue weighted by atomic mass is 10.2. The molecule has 2 heterocycles. The van der Waals surface area contributed by atoms with E-state index in [0.717, 1.165) is 19.3 Å². The van der Waals surface area contributed by atoms with Crippen LogP contribution in [0.1, 0.15) is 31.5 Å². The predicted octanol–water partition coefficient (Wildman–Crippen LogP) is 3.06. The minimum atomic E-state index is -0.0357. The maximum absolute atomic E-state index is 12.9. The van der Waals surface area contributed by atoms with Crippen LogP contribution >= 0.6 is 11.8 Å². The van der Waals surface area contributed by atoms with Gasteiger partial charge in [0.15, 0.2) is 11.0 Å². The van der Waals surface area contributed by atoms with Gasteiger partial charge in [0, 0.05) is 26.7 Å². The van der Waals surface area contributed by atoms with Crippen molar-refractivity contribution in [1.29, 1.82) is 0 Å². The molecule has 7 nitrogen and oxygen atoms in total. The van der Waals surface area contributed by atoms with Crippen LogP contribution in [0.2, 0.25) is 0 Å². The van der Waals surface area contributed by atoms with Crippen molar-refractivity contribution in [2.45, 2.75) is 43.6 Å². The first-order valence-electron chi connectivity index (χ1n) is 8.65. The number of aryl methyl sites for hydroxylation is 1. The average molecular weight is 374 g/mol. The number of hydrogen-bond acceptors (Lipinski definition) is 7. The summed E-state index contributed by atoms with van der Waals surface area (Å²) in [5.41, 5.74) is 0.659. The van der Waals surface area contributed by atoms with Gasteiger partial charge in [0.2, 0.25) is 5.89 Å². The average Bonchev–Trinajstić information content (AvgIpc) is 3.10. The summed E-state index contributed by atoms with van der Waals surface area (Å²) < 4.78 is 12.1. The molecule has 0 atom stereocenters. The third kappa shape index (κ3) is 4.31. The third-order valence-electron chi connectivity index (χ3n) is 3.87. The fourth-order valence-corrected chi connectivity index (χ4v) is 3.49. The Labute approximate surface area is 155 Å². The summed E-state index contributed by atoms with van der Waals surface area (Å²) >= 11 is 1.43. The fourth-order valence-electron chi connectivity index (χ4n) is 2.62. The van der Waals surface area contributed by atoms with E-state index in [-0.39, 0.29) is 5.56 Å². The number of aromatic nitrogens is 4. The maximum atomic E-state index is 12.9. The second kappa shape index (κ2) is 8.95. The van der Waals surface area contributed by atoms with E-state index in [1.54, 1.807) is 17.7 Å². The lowest BCUT2D eigenvalue weighted by molar-refractivity contribution is 0.189. The Kier molecular flexibility index (Phi) is 6.40. The Hall–Kier alpha value is -2.19. The fraction of sp³-hybridized carbons (Fsp3) is 0.444. The number of benzene rings is 1. The van der Waals surface area contributed by atoms with Crippen LogP contribution < -0.4 is 5.56 Å². The number of rotatable bonds is 9. The summed E-state index contributed by atoms with van der Waals surface area (Å²) in [6.45, 7) is 3.22. The van der Waals surface area contributed by atoms with Crippen molar-refractivity contribution in [3.05, 3.63) is 46.3 Å². The molecule has 0 aliphatic rings. The lowest BCUT2D eigenvalue weighted by Gasteiger charge is -2.12. The first kappa shape index (κ1) is 18.6. The SMILES string of the molecule is CCCc1noc(CSc2nc3ccccc3c(=O)n2CCCOC)n1. The number of thioether (sulfide) groups is 1. The minimum absolute atomic E-state index is 0.0357. The molecule has 8 heteroatoms. The van der Waals surface area contributed by atoms with Crippen molar-refractivity contribution in [2.75, 3.05) is 13.7 Å². The van der Waals surface area contributed by atoms with Crippen molar-refractivity contribution >= 4 is 22.7 Å². The van der Waals surface area contributed by atoms with Gasteiger partial charge in [-0.1, -0.05) is 36.0 Å². The van der Waals surface area contributed by atoms with Crippen LogP contribution in [0.5, 0.6) is 0 Å². The number of nitrogens with zero attached hydrogens (tertiary/aromatic N) is 4. The highest BCUT2D eigenvalue weighted by atomic mass is 32.2. The summed E-state index contributed by atoms with van der Waals surface area (Å²) in [5.74, 6) is 1.74. The van der Waals surface area contributed by atoms with Crippen molar-refractivity contribution < 1.29 is 9.26 Å². The molecule has 26 heavy (non-hydrogen) atoms. The second-order valence-electron chi connectivity index (χ2n) is 5.86. The molecule has 0 spiro atoms. The summed E-state index contributed by atoms with van der Waals surface area (Å²) in [4.78, 5) is 21.9. The van der Waals surface area contributed by atoms with Gasteiger partial charge >= 0.3 is 0 Å². The molecule has 0 aliphatic heterocycles. The topological polar surface area (TPSA) is 83.0 Å². The molecule has 0 bridgehead atoms. The quantitative estimate of drug-likeness (QED) is 0.323. The van der Waals surface area contributed by atoms with E-state index in [1.165, 1.54) is 11.8 Å². The van der Waals surface area contributed by atoms with Gasteiger partial charge in [-0.05, 0) is 25.0 Å². The molecule has 0 radical (unpaired) electrons. The van der Waals surface area contributed by atoms with Crippen molar-refractivity contribution in [3.63, 3.8) is 0 Å². The Morgan fingerprint density at radius 2 is 2.12 bits per heavy atom. The molecular formula is C18H22N4O3S. The maximum Gasteiger partial charge on any atom is 0.262 e. The monoisotopic (exact) mass is 374 g/mol. The molecule has 2 aromatic heterocycles. The van der Waals surface area contributed by atoms with Gasteiger partial charge < -0.3 is 9.26 Å². The molecule has 3 rings (SSSR count). The first-order chi connectivity index (χ1) is 12.7. The van der Waals surface area contributed by atoms with Crippen molar-refractivity contribution in [3.8, 4) is 0 Å². The molecule has 0 unspecified atom stereocenters. The number of methoxy groups -OCH3 is 1. The van der Waals surface area contributed by atoms with Gasteiger partial charge in [0.1, 0.15) is 0 Å². The summed E-state index contributed by atoms with van der Waals surface area (Å²) in [6.07, 6.45) is 2.51. The normalized spacial score (nSPS) is 11.3. The van der Waals surface area contributed by atoms with E-state index >= 15 is 0 Å². The number of ether oxygens (including phenoxy) is 1. The van der Waals surface area contributed by atoms with Crippen molar-refractivity contribution in [2.24, 2.45) is 0 Å². The molecule has 0 saturated heterocycles. The van der Waals surface area contributed by atoms with Crippen LogP contribution in [0.25, 0.3) is 10.9 Å². The molecule has 0 aliphatic carbocycles. The van der Waals surface area contributed by atoms with Gasteiger partial charge in [-0.3, -0.25) is 9.36 Å². The summed E-state index contributed by atoms with van der Waals surface area (Å²) in [7, 11) is 1.65. The van der Waals surface area contributed by atoms with Gasteiger partial charge in [-0.25, -0.2) is 4.98 Å². The zero-order valence-corrected chi connectivity index (χ0v) is 15.8. The highest BCUT2D eigenvalue weighted by Gasteiger charge is 2.13. The van der Waals surface area contributed by atoms with Crippen LogP contribution in [-0.2, 0) is 23.5 Å². The Balaban J connectivity index is 1.86. The van der Waals surface area contributed by atoms with Gasteiger partial charge in [0.05, 0.1) is 16.7 Å². The van der Waals surface area contributed by atoms with Gasteiger partial charge in [-0.2, -0.15) is 4.98 Å². The largest absolute Gasteiger partial charge is 0.385 e. The summed E-state index contributed by atoms with van der Waals surface area (Å²) in [6, 6.07) is 7.40. The zero-order valence-electron chi connectivity index (χ0n) is 15.0. The van der Waals surface area contributed by atoms with Crippen molar-refractivity contribution in [1.82, 2.24) is 19.7 Å². The summed E-state index contributed by atoms with van der Waals surface area (Å²) in [5, 5.41) is 5.24. The lowest BCUT2D eigenvalue weighted by Crippen LogP contribution is -2.24. The van der Waals surface area contributed by atoms with Gasteiger partial charge in [0.25, 0.3) is 5.56 Å². The molecule has 0 N–H and O–H groups in total. The molecule has 0 saturated carbocycles. The Bertz CT molecular complexity index is 922. The number of fused-ring (bicyclic) bond motifs is 1. The molecule has 3 aromatic rings. The van der Waals surface area contributed by atoms with E-state index in [1.807, 2.05) is 18.2 Å². The van der Waals surface area contributed by atoms with Crippen LogP contribution in [-0.4, -0.2) is 33.4 Å². The van der Waals surface area contributed by atoms with E-state index in [9.17, 15) is 4.79 Å². The second-order valence-corrected chi connectivity index (χ2v) is 6.80. The molecular weight excluding hydrogens is 352 g/mol. The predicted molar refractivity (Wildman–Crippen MR) is 100 cm³/mol. The molecule has 1 aromatic carbocycles. The third-order valence-corrected chi connectivity index (χ3v) is 4.83. The van der Waals surface area contributed by atoms with E-state index in [2.05, 4.69) is 22.0 Å². The van der Waals surface area contributed by atoms with Crippen LogP contribution in [0.3, 0.4) is 0 Å². The standard InChI is InChI=1S/C18H22N4O3S/c1-3-7-15-20-16(25-21-15)12-26-18-19-14-9-5-4-8-13(14)17(23)22(18)10-6-11-24-2/h4-5,8-9H,3,6-7,10-12H2,1-2H3. The number of para-hydroxylation sites is 1. The highest BCUT2D eigenvalue weighted by Crippen LogP contribution is 2.22. The highest BCUT2D eigenvalue weighted by molar-refractivity contribution is 7.98.